The van der Waals surface area contributed by atoms with Crippen LogP contribution >= 0.6 is 0 Å². The summed E-state index contributed by atoms with van der Waals surface area (Å²) in [5.74, 6) is 0.0568. The van der Waals surface area contributed by atoms with E-state index in [4.69, 9.17) is 11.0 Å². The number of nitrogens with one attached hydrogen (secondary N) is 1. The summed E-state index contributed by atoms with van der Waals surface area (Å²) in [7, 11) is 0. The maximum absolute atomic E-state index is 11.9. The molecule has 2 unspecified atom stereocenters. The summed E-state index contributed by atoms with van der Waals surface area (Å²) in [6.07, 6.45) is 4.84. The first-order valence-electron chi connectivity index (χ1n) is 6.86. The summed E-state index contributed by atoms with van der Waals surface area (Å²) in [4.78, 5) is 14.1. The van der Waals surface area contributed by atoms with E-state index in [1.807, 2.05) is 0 Å². The number of carbonyl (C=O) groups is 1. The molecular formula is C13H22N4O. The summed E-state index contributed by atoms with van der Waals surface area (Å²) in [6.45, 7) is 2.25. The standard InChI is InChI=1S/C13H22N4O/c14-8-10-2-1-3-12(10)16-13(18)9-17-6-4-11(15)5-7-17/h10-12H,1-7,9,15H2,(H,16,18). The fourth-order valence-corrected chi connectivity index (χ4v) is 2.85. The van der Waals surface area contributed by atoms with E-state index in [2.05, 4.69) is 16.3 Å². The van der Waals surface area contributed by atoms with Gasteiger partial charge in [0.1, 0.15) is 0 Å². The summed E-state index contributed by atoms with van der Waals surface area (Å²) < 4.78 is 0. The van der Waals surface area contributed by atoms with Gasteiger partial charge in [0, 0.05) is 25.2 Å². The molecule has 5 nitrogen and oxygen atoms in total. The van der Waals surface area contributed by atoms with Crippen molar-refractivity contribution < 1.29 is 4.79 Å². The second kappa shape index (κ2) is 6.17. The molecule has 2 fully saturated rings. The van der Waals surface area contributed by atoms with Gasteiger partial charge in [0.15, 0.2) is 0 Å². The van der Waals surface area contributed by atoms with Crippen molar-refractivity contribution in [1.82, 2.24) is 10.2 Å². The molecule has 1 aliphatic heterocycles. The lowest BCUT2D eigenvalue weighted by Gasteiger charge is -2.30. The van der Waals surface area contributed by atoms with Crippen molar-refractivity contribution in [2.24, 2.45) is 11.7 Å². The first-order valence-corrected chi connectivity index (χ1v) is 6.86. The second-order valence-electron chi connectivity index (χ2n) is 5.45. The van der Waals surface area contributed by atoms with Crippen molar-refractivity contribution >= 4 is 5.91 Å². The van der Waals surface area contributed by atoms with Crippen molar-refractivity contribution in [3.05, 3.63) is 0 Å². The van der Waals surface area contributed by atoms with Crippen molar-refractivity contribution in [1.29, 1.82) is 5.26 Å². The first-order chi connectivity index (χ1) is 8.69. The van der Waals surface area contributed by atoms with Gasteiger partial charge in [-0.3, -0.25) is 9.69 Å². The lowest BCUT2D eigenvalue weighted by atomic mass is 10.1. The topological polar surface area (TPSA) is 82.2 Å². The molecule has 0 radical (unpaired) electrons. The van der Waals surface area contributed by atoms with Crippen LogP contribution in [0.15, 0.2) is 0 Å². The number of hydrogen-bond acceptors (Lipinski definition) is 4. The smallest absolute Gasteiger partial charge is 0.234 e. The Morgan fingerprint density at radius 2 is 2.06 bits per heavy atom. The Kier molecular flexibility index (Phi) is 4.56. The summed E-state index contributed by atoms with van der Waals surface area (Å²) >= 11 is 0. The third kappa shape index (κ3) is 3.44. The normalized spacial score (nSPS) is 30.0. The number of carbonyl (C=O) groups excluding carboxylic acids is 1. The van der Waals surface area contributed by atoms with E-state index >= 15 is 0 Å². The fourth-order valence-electron chi connectivity index (χ4n) is 2.85. The van der Waals surface area contributed by atoms with Crippen molar-refractivity contribution in [3.63, 3.8) is 0 Å². The number of hydrogen-bond donors (Lipinski definition) is 2. The highest BCUT2D eigenvalue weighted by atomic mass is 16.2. The Balaban J connectivity index is 1.73. The highest BCUT2D eigenvalue weighted by Crippen LogP contribution is 2.24. The zero-order valence-corrected chi connectivity index (χ0v) is 10.8. The van der Waals surface area contributed by atoms with Crippen molar-refractivity contribution in [3.8, 4) is 6.07 Å². The quantitative estimate of drug-likeness (QED) is 0.750. The predicted molar refractivity (Wildman–Crippen MR) is 68.5 cm³/mol. The number of piperidine rings is 1. The van der Waals surface area contributed by atoms with Gasteiger partial charge in [-0.15, -0.1) is 0 Å². The van der Waals surface area contributed by atoms with E-state index in [-0.39, 0.29) is 17.9 Å². The predicted octanol–water partition coefficient (Wildman–Crippen LogP) is 0.218. The van der Waals surface area contributed by atoms with Gasteiger partial charge in [-0.2, -0.15) is 5.26 Å². The van der Waals surface area contributed by atoms with Crippen LogP contribution in [0, 0.1) is 17.2 Å². The minimum Gasteiger partial charge on any atom is -0.351 e. The van der Waals surface area contributed by atoms with Gasteiger partial charge in [0.2, 0.25) is 5.91 Å². The van der Waals surface area contributed by atoms with E-state index < -0.39 is 0 Å². The minimum atomic E-state index is 0.00345. The van der Waals surface area contributed by atoms with Crippen LogP contribution in [-0.2, 0) is 4.79 Å². The molecule has 100 valence electrons. The molecule has 1 heterocycles. The summed E-state index contributed by atoms with van der Waals surface area (Å²) in [5, 5.41) is 12.0. The average Bonchev–Trinajstić information content (AvgIpc) is 2.79. The maximum Gasteiger partial charge on any atom is 0.234 e. The summed E-state index contributed by atoms with van der Waals surface area (Å²) in [6, 6.07) is 2.64. The van der Waals surface area contributed by atoms with Gasteiger partial charge in [0.25, 0.3) is 0 Å². The van der Waals surface area contributed by atoms with E-state index in [1.54, 1.807) is 0 Å². The molecule has 3 N–H and O–H groups in total. The van der Waals surface area contributed by atoms with Crippen LogP contribution in [0.4, 0.5) is 0 Å². The SMILES string of the molecule is N#CC1CCCC1NC(=O)CN1CCC(N)CC1. The molecule has 2 aliphatic rings. The number of nitriles is 1. The Labute approximate surface area is 108 Å². The van der Waals surface area contributed by atoms with Crippen molar-refractivity contribution in [2.75, 3.05) is 19.6 Å². The van der Waals surface area contributed by atoms with Crippen LogP contribution < -0.4 is 11.1 Å². The van der Waals surface area contributed by atoms with Crippen LogP contribution in [-0.4, -0.2) is 42.5 Å². The first kappa shape index (κ1) is 13.3. The second-order valence-corrected chi connectivity index (χ2v) is 5.45. The Morgan fingerprint density at radius 1 is 1.33 bits per heavy atom. The maximum atomic E-state index is 11.9. The molecule has 18 heavy (non-hydrogen) atoms. The van der Waals surface area contributed by atoms with Crippen molar-refractivity contribution in [2.45, 2.75) is 44.2 Å². The van der Waals surface area contributed by atoms with Crippen LogP contribution in [0.1, 0.15) is 32.1 Å². The molecular weight excluding hydrogens is 228 g/mol. The highest BCUT2D eigenvalue weighted by Gasteiger charge is 2.29. The van der Waals surface area contributed by atoms with Gasteiger partial charge in [-0.25, -0.2) is 0 Å². The molecule has 1 saturated carbocycles. The molecule has 5 heteroatoms. The van der Waals surface area contributed by atoms with E-state index in [9.17, 15) is 4.79 Å². The largest absolute Gasteiger partial charge is 0.351 e. The molecule has 0 aromatic rings. The third-order valence-corrected chi connectivity index (χ3v) is 4.03. The van der Waals surface area contributed by atoms with Gasteiger partial charge < -0.3 is 11.1 Å². The molecule has 1 amide bonds. The lowest BCUT2D eigenvalue weighted by molar-refractivity contribution is -0.123. The van der Waals surface area contributed by atoms with E-state index in [1.165, 1.54) is 0 Å². The molecule has 0 aromatic carbocycles. The number of nitrogens with zero attached hydrogens (tertiary/aromatic N) is 2. The molecule has 2 rings (SSSR count). The molecule has 1 saturated heterocycles. The summed E-state index contributed by atoms with van der Waals surface area (Å²) in [5.41, 5.74) is 5.83. The lowest BCUT2D eigenvalue weighted by Crippen LogP contribution is -2.47. The molecule has 1 aliphatic carbocycles. The Hall–Kier alpha value is -1.12. The highest BCUT2D eigenvalue weighted by molar-refractivity contribution is 5.78. The van der Waals surface area contributed by atoms with Crippen LogP contribution in [0.2, 0.25) is 0 Å². The Morgan fingerprint density at radius 3 is 2.72 bits per heavy atom. The van der Waals surface area contributed by atoms with Crippen LogP contribution in [0.25, 0.3) is 0 Å². The monoisotopic (exact) mass is 250 g/mol. The van der Waals surface area contributed by atoms with Gasteiger partial charge in [-0.05, 0) is 32.1 Å². The molecule has 2 atom stereocenters. The molecule has 0 aromatic heterocycles. The number of likely N-dealkylation sites (tertiary alicyclic amines) is 1. The van der Waals surface area contributed by atoms with Crippen LogP contribution in [0.3, 0.4) is 0 Å². The number of rotatable bonds is 3. The molecule has 0 bridgehead atoms. The zero-order chi connectivity index (χ0) is 13.0. The number of amides is 1. The Bertz CT molecular complexity index is 330. The third-order valence-electron chi connectivity index (χ3n) is 4.03. The minimum absolute atomic E-state index is 0.00345. The zero-order valence-electron chi connectivity index (χ0n) is 10.8. The number of nitrogens with two attached hydrogens (primary N) is 1. The van der Waals surface area contributed by atoms with E-state index in [0.717, 1.165) is 45.2 Å². The molecule has 0 spiro atoms. The van der Waals surface area contributed by atoms with Crippen LogP contribution in [0.5, 0.6) is 0 Å². The van der Waals surface area contributed by atoms with Gasteiger partial charge in [0.05, 0.1) is 18.5 Å². The van der Waals surface area contributed by atoms with Gasteiger partial charge >= 0.3 is 0 Å². The van der Waals surface area contributed by atoms with Gasteiger partial charge in [-0.1, -0.05) is 0 Å². The average molecular weight is 250 g/mol. The van der Waals surface area contributed by atoms with E-state index in [0.29, 0.717) is 12.6 Å². The fraction of sp³-hybridized carbons (Fsp3) is 0.846.